The molecular formula is C20H26N4O2. The maximum Gasteiger partial charge on any atom is 0.320 e. The minimum absolute atomic E-state index is 0.117. The van der Waals surface area contributed by atoms with Crippen LogP contribution in [0.15, 0.2) is 36.5 Å². The fourth-order valence-electron chi connectivity index (χ4n) is 3.95. The molecule has 2 aliphatic rings. The van der Waals surface area contributed by atoms with Crippen LogP contribution in [0.5, 0.6) is 0 Å². The molecule has 26 heavy (non-hydrogen) atoms. The first-order valence-corrected chi connectivity index (χ1v) is 9.42. The van der Waals surface area contributed by atoms with Gasteiger partial charge < -0.3 is 19.4 Å². The van der Waals surface area contributed by atoms with Crippen molar-refractivity contribution in [2.45, 2.75) is 18.9 Å². The fraction of sp³-hybridized carbons (Fsp3) is 0.500. The number of carbonyl (C=O) groups is 1. The molecule has 6 nitrogen and oxygen atoms in total. The van der Waals surface area contributed by atoms with Gasteiger partial charge in [-0.15, -0.1) is 0 Å². The summed E-state index contributed by atoms with van der Waals surface area (Å²) in [5.74, 6) is 1.03. The summed E-state index contributed by atoms with van der Waals surface area (Å²) in [5.41, 5.74) is 0. The third-order valence-corrected chi connectivity index (χ3v) is 5.48. The molecule has 4 rings (SSSR count). The molecule has 2 saturated heterocycles. The molecule has 1 aromatic heterocycles. The number of morpholine rings is 1. The fourth-order valence-corrected chi connectivity index (χ4v) is 3.95. The van der Waals surface area contributed by atoms with Crippen molar-refractivity contribution >= 4 is 22.6 Å². The van der Waals surface area contributed by atoms with Crippen LogP contribution in [0.3, 0.4) is 0 Å². The molecule has 0 radical (unpaired) electrons. The number of fused-ring (bicyclic) bond motifs is 1. The third-order valence-electron chi connectivity index (χ3n) is 5.48. The van der Waals surface area contributed by atoms with Crippen LogP contribution in [-0.2, 0) is 4.74 Å². The van der Waals surface area contributed by atoms with E-state index in [0.29, 0.717) is 26.3 Å². The molecule has 2 aliphatic heterocycles. The Morgan fingerprint density at radius 3 is 2.85 bits per heavy atom. The number of piperidine rings is 1. The summed E-state index contributed by atoms with van der Waals surface area (Å²) < 4.78 is 5.36. The van der Waals surface area contributed by atoms with Crippen molar-refractivity contribution in [2.24, 2.45) is 0 Å². The van der Waals surface area contributed by atoms with Gasteiger partial charge in [0.15, 0.2) is 0 Å². The summed E-state index contributed by atoms with van der Waals surface area (Å²) in [6.07, 6.45) is 3.98. The molecule has 2 aromatic rings. The summed E-state index contributed by atoms with van der Waals surface area (Å²) >= 11 is 0. The molecule has 1 unspecified atom stereocenters. The van der Waals surface area contributed by atoms with E-state index in [2.05, 4.69) is 34.1 Å². The first kappa shape index (κ1) is 17.1. The Morgan fingerprint density at radius 2 is 2.00 bits per heavy atom. The second-order valence-electron chi connectivity index (χ2n) is 7.09. The van der Waals surface area contributed by atoms with Gasteiger partial charge in [0, 0.05) is 44.8 Å². The number of carbonyl (C=O) groups excluding carboxylic acids is 1. The lowest BCUT2D eigenvalue weighted by molar-refractivity contribution is 0.0414. The maximum absolute atomic E-state index is 12.8. The second-order valence-corrected chi connectivity index (χ2v) is 7.09. The lowest BCUT2D eigenvalue weighted by Gasteiger charge is -2.40. The number of nitrogens with zero attached hydrogens (tertiary/aromatic N) is 4. The molecule has 0 saturated carbocycles. The Morgan fingerprint density at radius 1 is 1.19 bits per heavy atom. The van der Waals surface area contributed by atoms with Gasteiger partial charge in [0.2, 0.25) is 0 Å². The predicted octanol–water partition coefficient (Wildman–Crippen LogP) is 2.59. The highest BCUT2D eigenvalue weighted by molar-refractivity contribution is 5.92. The van der Waals surface area contributed by atoms with Crippen LogP contribution in [0, 0.1) is 0 Å². The lowest BCUT2D eigenvalue weighted by Crippen LogP contribution is -2.54. The van der Waals surface area contributed by atoms with Crippen molar-refractivity contribution in [3.05, 3.63) is 36.5 Å². The first-order chi connectivity index (χ1) is 12.7. The Balaban J connectivity index is 1.51. The number of hydrogen-bond acceptors (Lipinski definition) is 4. The molecule has 0 aliphatic carbocycles. The van der Waals surface area contributed by atoms with Gasteiger partial charge >= 0.3 is 6.03 Å². The number of aromatic nitrogens is 1. The number of benzene rings is 1. The number of hydrogen-bond donors (Lipinski definition) is 0. The number of amides is 2. The monoisotopic (exact) mass is 354 g/mol. The van der Waals surface area contributed by atoms with Crippen LogP contribution in [0.2, 0.25) is 0 Å². The van der Waals surface area contributed by atoms with Crippen molar-refractivity contribution in [1.29, 1.82) is 0 Å². The molecule has 1 aromatic carbocycles. The van der Waals surface area contributed by atoms with Crippen LogP contribution in [0.25, 0.3) is 10.8 Å². The van der Waals surface area contributed by atoms with Crippen LogP contribution >= 0.6 is 0 Å². The van der Waals surface area contributed by atoms with E-state index in [-0.39, 0.29) is 12.1 Å². The topological polar surface area (TPSA) is 48.9 Å². The lowest BCUT2D eigenvalue weighted by atomic mass is 10.0. The summed E-state index contributed by atoms with van der Waals surface area (Å²) in [5, 5.41) is 2.38. The van der Waals surface area contributed by atoms with E-state index in [0.717, 1.165) is 31.7 Å². The van der Waals surface area contributed by atoms with Crippen LogP contribution in [-0.4, -0.2) is 73.3 Å². The molecule has 138 valence electrons. The van der Waals surface area contributed by atoms with E-state index in [9.17, 15) is 4.79 Å². The van der Waals surface area contributed by atoms with Crippen LogP contribution < -0.4 is 4.90 Å². The van der Waals surface area contributed by atoms with Gasteiger partial charge in [-0.2, -0.15) is 0 Å². The van der Waals surface area contributed by atoms with Gasteiger partial charge in [0.25, 0.3) is 0 Å². The molecule has 3 heterocycles. The Kier molecular flexibility index (Phi) is 4.93. The molecular weight excluding hydrogens is 328 g/mol. The summed E-state index contributed by atoms with van der Waals surface area (Å²) in [4.78, 5) is 23.6. The average molecular weight is 354 g/mol. The smallest absolute Gasteiger partial charge is 0.320 e. The quantitative estimate of drug-likeness (QED) is 0.832. The summed E-state index contributed by atoms with van der Waals surface area (Å²) in [6.45, 7) is 4.45. The second kappa shape index (κ2) is 7.50. The van der Waals surface area contributed by atoms with Crippen molar-refractivity contribution in [2.75, 3.05) is 51.3 Å². The molecule has 2 fully saturated rings. The predicted molar refractivity (Wildman–Crippen MR) is 103 cm³/mol. The van der Waals surface area contributed by atoms with Crippen LogP contribution in [0.4, 0.5) is 10.6 Å². The minimum Gasteiger partial charge on any atom is -0.378 e. The third kappa shape index (κ3) is 3.33. The van der Waals surface area contributed by atoms with E-state index in [1.165, 1.54) is 10.8 Å². The summed E-state index contributed by atoms with van der Waals surface area (Å²) in [6, 6.07) is 10.7. The molecule has 2 amide bonds. The number of pyridine rings is 1. The van der Waals surface area contributed by atoms with Gasteiger partial charge in [0.1, 0.15) is 5.82 Å². The minimum atomic E-state index is 0.117. The maximum atomic E-state index is 12.8. The van der Waals surface area contributed by atoms with Crippen molar-refractivity contribution in [3.63, 3.8) is 0 Å². The molecule has 0 N–H and O–H groups in total. The first-order valence-electron chi connectivity index (χ1n) is 9.42. The van der Waals surface area contributed by atoms with E-state index < -0.39 is 0 Å². The van der Waals surface area contributed by atoms with E-state index in [1.54, 1.807) is 0 Å². The van der Waals surface area contributed by atoms with Gasteiger partial charge in [0.05, 0.1) is 19.3 Å². The largest absolute Gasteiger partial charge is 0.378 e. The van der Waals surface area contributed by atoms with E-state index in [1.807, 2.05) is 29.1 Å². The van der Waals surface area contributed by atoms with Crippen molar-refractivity contribution in [1.82, 2.24) is 14.8 Å². The highest BCUT2D eigenvalue weighted by atomic mass is 16.5. The zero-order valence-corrected chi connectivity index (χ0v) is 15.3. The number of likely N-dealkylation sites (N-methyl/N-ethyl adjacent to an activating group) is 1. The zero-order valence-electron chi connectivity index (χ0n) is 15.3. The molecule has 0 spiro atoms. The number of ether oxygens (including phenoxy) is 1. The number of urea groups is 1. The van der Waals surface area contributed by atoms with Crippen LogP contribution in [0.1, 0.15) is 12.8 Å². The standard InChI is InChI=1S/C20H26N4O2/c1-22(20(25)23-11-13-26-14-12-23)17-6-4-10-24(15-17)19-18-7-3-2-5-16(18)8-9-21-19/h2-3,5,7-9,17H,4,6,10-15H2,1H3. The Labute approximate surface area is 154 Å². The van der Waals surface area contributed by atoms with Gasteiger partial charge in [-0.05, 0) is 24.3 Å². The van der Waals surface area contributed by atoms with Gasteiger partial charge in [-0.1, -0.05) is 24.3 Å². The average Bonchev–Trinajstić information content (AvgIpc) is 2.73. The number of anilines is 1. The normalized spacial score (nSPS) is 21.0. The summed E-state index contributed by atoms with van der Waals surface area (Å²) in [7, 11) is 1.93. The molecule has 1 atom stereocenters. The van der Waals surface area contributed by atoms with Crippen molar-refractivity contribution in [3.8, 4) is 0 Å². The highest BCUT2D eigenvalue weighted by Crippen LogP contribution is 2.27. The van der Waals surface area contributed by atoms with E-state index in [4.69, 9.17) is 4.74 Å². The highest BCUT2D eigenvalue weighted by Gasteiger charge is 2.30. The number of rotatable bonds is 2. The van der Waals surface area contributed by atoms with Gasteiger partial charge in [-0.3, -0.25) is 0 Å². The Hall–Kier alpha value is -2.34. The molecule has 0 bridgehead atoms. The molecule has 6 heteroatoms. The van der Waals surface area contributed by atoms with Gasteiger partial charge in [-0.25, -0.2) is 9.78 Å². The van der Waals surface area contributed by atoms with Crippen molar-refractivity contribution < 1.29 is 9.53 Å². The zero-order chi connectivity index (χ0) is 17.9. The SMILES string of the molecule is CN(C(=O)N1CCOCC1)C1CCCN(c2nccc3ccccc23)C1. The van der Waals surface area contributed by atoms with E-state index >= 15 is 0 Å². The Bertz CT molecular complexity index is 770.